The van der Waals surface area contributed by atoms with Gasteiger partial charge in [0.05, 0.1) is 50.6 Å². The topological polar surface area (TPSA) is 216 Å². The van der Waals surface area contributed by atoms with Crippen molar-refractivity contribution in [3.63, 3.8) is 0 Å². The van der Waals surface area contributed by atoms with Crippen molar-refractivity contribution < 1.29 is 66.8 Å². The molecule has 2 N–H and O–H groups in total. The number of ketones is 2. The highest BCUT2D eigenvalue weighted by molar-refractivity contribution is 6.12. The van der Waals surface area contributed by atoms with E-state index in [9.17, 15) is 38.4 Å². The summed E-state index contributed by atoms with van der Waals surface area (Å²) in [7, 11) is 0. The molecule has 0 radical (unpaired) electrons. The van der Waals surface area contributed by atoms with Gasteiger partial charge in [-0.15, -0.1) is 0 Å². The van der Waals surface area contributed by atoms with Gasteiger partial charge in [0, 0.05) is 35.1 Å². The molecule has 0 aromatic heterocycles. The standard InChI is InChI=1S/C32H40N2O14/c1-19(2)27(37)45-15-9-33-31(41)47-13-7-11-43-29(39)25-18-26(24(22(6)36)17-23(25)21(5)35)30(40)44-12-8-14-48-32(42)34-10-16-46-28(38)20(3)4/h17-18H,1,3,7-16H2,2,4-6H3,(H,33,41)(H,34,42). The van der Waals surface area contributed by atoms with Crippen LogP contribution in [0.5, 0.6) is 0 Å². The summed E-state index contributed by atoms with van der Waals surface area (Å²) in [5.41, 5.74) is -0.436. The molecule has 0 aliphatic carbocycles. The zero-order chi connectivity index (χ0) is 36.2. The van der Waals surface area contributed by atoms with E-state index in [1.165, 1.54) is 27.7 Å². The molecule has 1 aromatic rings. The van der Waals surface area contributed by atoms with Crippen molar-refractivity contribution in [1.29, 1.82) is 0 Å². The van der Waals surface area contributed by atoms with Gasteiger partial charge in [-0.25, -0.2) is 28.8 Å². The highest BCUT2D eigenvalue weighted by Crippen LogP contribution is 2.21. The molecule has 0 saturated heterocycles. The highest BCUT2D eigenvalue weighted by Gasteiger charge is 2.25. The Bertz CT molecular complexity index is 1310. The minimum absolute atomic E-state index is 0.00436. The van der Waals surface area contributed by atoms with E-state index >= 15 is 0 Å². The number of Topliss-reactive ketones (excluding diaryl/α,β-unsaturated/α-hetero) is 2. The van der Waals surface area contributed by atoms with Crippen molar-refractivity contribution in [1.82, 2.24) is 10.6 Å². The maximum atomic E-state index is 12.9. The highest BCUT2D eigenvalue weighted by atomic mass is 16.6. The molecule has 0 fully saturated rings. The van der Waals surface area contributed by atoms with Gasteiger partial charge in [-0.05, 0) is 39.8 Å². The molecule has 0 atom stereocenters. The Balaban J connectivity index is 2.64. The number of carbonyl (C=O) groups is 8. The molecule has 0 unspecified atom stereocenters. The van der Waals surface area contributed by atoms with Gasteiger partial charge < -0.3 is 39.1 Å². The van der Waals surface area contributed by atoms with Gasteiger partial charge >= 0.3 is 36.1 Å². The van der Waals surface area contributed by atoms with Crippen LogP contribution in [0, 0.1) is 0 Å². The van der Waals surface area contributed by atoms with Crippen LogP contribution in [0.1, 0.15) is 82.0 Å². The molecular formula is C32H40N2O14. The first-order valence-corrected chi connectivity index (χ1v) is 14.7. The van der Waals surface area contributed by atoms with E-state index < -0.39 is 47.6 Å². The number of ether oxygens (including phenoxy) is 6. The van der Waals surface area contributed by atoms with Gasteiger partial charge in [0.25, 0.3) is 0 Å². The summed E-state index contributed by atoms with van der Waals surface area (Å²) in [6.07, 6.45) is -1.41. The molecule has 16 nitrogen and oxygen atoms in total. The normalized spacial score (nSPS) is 10.1. The molecule has 0 heterocycles. The summed E-state index contributed by atoms with van der Waals surface area (Å²) < 4.78 is 29.9. The number of rotatable bonds is 20. The predicted octanol–water partition coefficient (Wildman–Crippen LogP) is 2.88. The number of alkyl carbamates (subject to hydrolysis) is 2. The van der Waals surface area contributed by atoms with Crippen LogP contribution in [0.2, 0.25) is 0 Å². The molecule has 262 valence electrons. The lowest BCUT2D eigenvalue weighted by Gasteiger charge is -2.14. The Kier molecular flexibility index (Phi) is 18.0. The van der Waals surface area contributed by atoms with Crippen LogP contribution >= 0.6 is 0 Å². The summed E-state index contributed by atoms with van der Waals surface area (Å²) >= 11 is 0. The summed E-state index contributed by atoms with van der Waals surface area (Å²) in [6.45, 7) is 11.3. The largest absolute Gasteiger partial charge is 0.462 e. The Labute approximate surface area is 277 Å². The van der Waals surface area contributed by atoms with Crippen LogP contribution in [-0.2, 0) is 38.0 Å². The molecular weight excluding hydrogens is 636 g/mol. The first-order chi connectivity index (χ1) is 22.6. The Morgan fingerprint density at radius 1 is 0.500 bits per heavy atom. The Morgan fingerprint density at radius 3 is 1.17 bits per heavy atom. The van der Waals surface area contributed by atoms with E-state index in [0.29, 0.717) is 0 Å². The zero-order valence-corrected chi connectivity index (χ0v) is 27.4. The van der Waals surface area contributed by atoms with E-state index in [4.69, 9.17) is 28.4 Å². The minimum Gasteiger partial charge on any atom is -0.462 e. The number of hydrogen-bond donors (Lipinski definition) is 2. The van der Waals surface area contributed by atoms with E-state index in [2.05, 4.69) is 23.8 Å². The second kappa shape index (κ2) is 21.3. The van der Waals surface area contributed by atoms with Crippen LogP contribution in [0.15, 0.2) is 36.4 Å². The molecule has 48 heavy (non-hydrogen) atoms. The predicted molar refractivity (Wildman–Crippen MR) is 166 cm³/mol. The lowest BCUT2D eigenvalue weighted by atomic mass is 9.94. The summed E-state index contributed by atoms with van der Waals surface area (Å²) in [6, 6.07) is 2.15. The molecule has 0 aliphatic rings. The molecule has 0 bridgehead atoms. The van der Waals surface area contributed by atoms with Crippen molar-refractivity contribution >= 4 is 47.6 Å². The van der Waals surface area contributed by atoms with Crippen molar-refractivity contribution in [3.05, 3.63) is 58.7 Å². The first-order valence-electron chi connectivity index (χ1n) is 14.7. The van der Waals surface area contributed by atoms with E-state index in [1.807, 2.05) is 0 Å². The third-order valence-corrected chi connectivity index (χ3v) is 5.77. The van der Waals surface area contributed by atoms with Gasteiger partial charge in [-0.2, -0.15) is 0 Å². The number of esters is 4. The minimum atomic E-state index is -0.970. The molecule has 0 saturated carbocycles. The second-order valence-corrected chi connectivity index (χ2v) is 9.99. The van der Waals surface area contributed by atoms with E-state index in [-0.39, 0.29) is 99.0 Å². The molecule has 1 rings (SSSR count). The molecule has 16 heteroatoms. The number of hydrogen-bond acceptors (Lipinski definition) is 14. The lowest BCUT2D eigenvalue weighted by molar-refractivity contribution is -0.139. The average Bonchev–Trinajstić information content (AvgIpc) is 3.03. The fourth-order valence-corrected chi connectivity index (χ4v) is 3.39. The molecule has 0 aliphatic heterocycles. The lowest BCUT2D eigenvalue weighted by Crippen LogP contribution is -2.29. The first kappa shape index (κ1) is 40.5. The Morgan fingerprint density at radius 2 is 0.833 bits per heavy atom. The zero-order valence-electron chi connectivity index (χ0n) is 27.4. The SMILES string of the molecule is C=C(C)C(=O)OCCNC(=O)OCCCOC(=O)c1cc(C(=O)OCCCOC(=O)NCCOC(=O)C(=C)C)c(C(C)=O)cc1C(C)=O. The fourth-order valence-electron chi connectivity index (χ4n) is 3.39. The van der Waals surface area contributed by atoms with Crippen LogP contribution in [-0.4, -0.2) is 100 Å². The van der Waals surface area contributed by atoms with Gasteiger partial charge in [0.2, 0.25) is 0 Å². The van der Waals surface area contributed by atoms with E-state index in [0.717, 1.165) is 12.1 Å². The second-order valence-electron chi connectivity index (χ2n) is 9.99. The van der Waals surface area contributed by atoms with Crippen LogP contribution in [0.25, 0.3) is 0 Å². The third-order valence-electron chi connectivity index (χ3n) is 5.77. The number of amides is 2. The van der Waals surface area contributed by atoms with Gasteiger partial charge in [-0.1, -0.05) is 13.2 Å². The van der Waals surface area contributed by atoms with Crippen molar-refractivity contribution in [2.24, 2.45) is 0 Å². The van der Waals surface area contributed by atoms with Gasteiger partial charge in [-0.3, -0.25) is 9.59 Å². The molecule has 0 spiro atoms. The van der Waals surface area contributed by atoms with Gasteiger partial charge in [0.1, 0.15) is 13.2 Å². The smallest absolute Gasteiger partial charge is 0.407 e. The molecule has 1 aromatic carbocycles. The Hall–Kier alpha value is -5.54. The van der Waals surface area contributed by atoms with Crippen LogP contribution < -0.4 is 10.6 Å². The van der Waals surface area contributed by atoms with E-state index in [1.54, 1.807) is 0 Å². The van der Waals surface area contributed by atoms with Gasteiger partial charge in [0.15, 0.2) is 11.6 Å². The number of carbonyl (C=O) groups excluding carboxylic acids is 8. The van der Waals surface area contributed by atoms with Crippen molar-refractivity contribution in [3.8, 4) is 0 Å². The summed E-state index contributed by atoms with van der Waals surface area (Å²) in [4.78, 5) is 96.3. The monoisotopic (exact) mass is 676 g/mol. The van der Waals surface area contributed by atoms with Crippen molar-refractivity contribution in [2.45, 2.75) is 40.5 Å². The average molecular weight is 677 g/mol. The van der Waals surface area contributed by atoms with Crippen molar-refractivity contribution in [2.75, 3.05) is 52.7 Å². The summed E-state index contributed by atoms with van der Waals surface area (Å²) in [5.74, 6) is -4.26. The number of benzene rings is 1. The molecule has 2 amide bonds. The fraction of sp³-hybridized carbons (Fsp3) is 0.438. The number of nitrogens with one attached hydrogen (secondary N) is 2. The third kappa shape index (κ3) is 15.2. The maximum absolute atomic E-state index is 12.9. The van der Waals surface area contributed by atoms with Crippen LogP contribution in [0.4, 0.5) is 9.59 Å². The summed E-state index contributed by atoms with van der Waals surface area (Å²) in [5, 5.41) is 4.74. The maximum Gasteiger partial charge on any atom is 0.407 e. The quantitative estimate of drug-likeness (QED) is 0.0668. The van der Waals surface area contributed by atoms with Crippen LogP contribution in [0.3, 0.4) is 0 Å².